The fourth-order valence-corrected chi connectivity index (χ4v) is 0.212. The van der Waals surface area contributed by atoms with E-state index in [1.165, 1.54) is 0 Å². The largest absolute Gasteiger partial charge is 1.00 e. The number of phosphoric acid groups is 1. The predicted molar refractivity (Wildman–Crippen MR) is 15.8 cm³/mol. The van der Waals surface area contributed by atoms with E-state index in [0.717, 1.165) is 0 Å². The summed E-state index contributed by atoms with van der Waals surface area (Å²) < 4.78 is 12.6. The third kappa shape index (κ3) is 18.4. The van der Waals surface area contributed by atoms with Crippen molar-refractivity contribution in [3.05, 3.63) is 0 Å². The van der Waals surface area contributed by atoms with Crippen LogP contribution in [0.1, 0.15) is 0 Å². The van der Waals surface area contributed by atoms with E-state index in [9.17, 15) is 14.4 Å². The van der Waals surface area contributed by atoms with Gasteiger partial charge in [-0.2, -0.15) is 0 Å². The maximum atomic E-state index is 9.32. The number of hydrogen-bond acceptors (Lipinski definition) is 5. The molecule has 9 heavy (non-hydrogen) atoms. The molecule has 0 rings (SSSR count). The maximum absolute atomic E-state index is 9.32. The van der Waals surface area contributed by atoms with Gasteiger partial charge in [0.25, 0.3) is 0 Å². The minimum Gasteiger partial charge on any atom is -0.790 e. The van der Waals surface area contributed by atoms with Crippen molar-refractivity contribution < 1.29 is 127 Å². The van der Waals surface area contributed by atoms with Crippen molar-refractivity contribution in [2.24, 2.45) is 0 Å². The summed E-state index contributed by atoms with van der Waals surface area (Å²) >= 11 is 0. The Morgan fingerprint density at radius 1 is 1.44 bits per heavy atom. The van der Waals surface area contributed by atoms with E-state index in [1.54, 1.807) is 0 Å². The molecule has 0 aliphatic rings. The molecule has 0 atom stereocenters. The second kappa shape index (κ2) is 9.43. The van der Waals surface area contributed by atoms with E-state index in [-0.39, 0.29) is 103 Å². The van der Waals surface area contributed by atoms with E-state index in [2.05, 4.69) is 4.52 Å². The molecule has 0 saturated carbocycles. The van der Waals surface area contributed by atoms with Crippen molar-refractivity contribution in [3.8, 4) is 0 Å². The van der Waals surface area contributed by atoms with Gasteiger partial charge >= 0.3 is 103 Å². The van der Waals surface area contributed by atoms with Crippen LogP contribution in [-0.2, 0) is 9.09 Å². The molecule has 44 valence electrons. The monoisotopic (exact) mass is 204 g/mol. The zero-order valence-corrected chi connectivity index (χ0v) is 12.4. The molecular formula is CH3K2O5P. The standard InChI is InChI=1S/CH5O5P.2K/c2-1-6-7(3,4)5;;/h2H,1H2,(H2,3,4,5);;/q;2*+1/p-2. The van der Waals surface area contributed by atoms with Crippen LogP contribution >= 0.6 is 7.82 Å². The predicted octanol–water partition coefficient (Wildman–Crippen LogP) is -8.21. The van der Waals surface area contributed by atoms with Gasteiger partial charge in [0.05, 0.1) is 7.82 Å². The molecule has 0 aliphatic heterocycles. The number of aliphatic hydroxyl groups is 1. The van der Waals surface area contributed by atoms with Crippen LogP contribution in [0, 0.1) is 0 Å². The molecule has 0 aromatic carbocycles. The van der Waals surface area contributed by atoms with Crippen LogP contribution in [0.3, 0.4) is 0 Å². The smallest absolute Gasteiger partial charge is 0.790 e. The van der Waals surface area contributed by atoms with Gasteiger partial charge in [0.15, 0.2) is 0 Å². The van der Waals surface area contributed by atoms with Crippen LogP contribution in [0.4, 0.5) is 0 Å². The topological polar surface area (TPSA) is 92.7 Å². The van der Waals surface area contributed by atoms with Gasteiger partial charge in [-0.05, 0) is 0 Å². The summed E-state index contributed by atoms with van der Waals surface area (Å²) in [6.45, 7) is -1.08. The van der Waals surface area contributed by atoms with Crippen LogP contribution in [-0.4, -0.2) is 11.9 Å². The summed E-state index contributed by atoms with van der Waals surface area (Å²) in [4.78, 5) is 18.6. The molecule has 0 unspecified atom stereocenters. The molecule has 0 aliphatic carbocycles. The molecular weight excluding hydrogens is 201 g/mol. The van der Waals surface area contributed by atoms with Gasteiger partial charge in [-0.25, -0.2) is 0 Å². The Balaban J connectivity index is -0.000000180. The van der Waals surface area contributed by atoms with Crippen molar-refractivity contribution >= 4 is 7.82 Å². The van der Waals surface area contributed by atoms with Gasteiger partial charge in [-0.15, -0.1) is 0 Å². The SMILES string of the molecule is O=P([O-])([O-])OCO.[K+].[K+]. The molecule has 0 aromatic rings. The molecule has 0 heterocycles. The Kier molecular flexibility index (Phi) is 19.1. The Hall–Kier alpha value is 3.34. The quantitative estimate of drug-likeness (QED) is 0.274. The first-order valence-electron chi connectivity index (χ1n) is 1.34. The first-order chi connectivity index (χ1) is 3.06. The van der Waals surface area contributed by atoms with Gasteiger partial charge in [-0.1, -0.05) is 0 Å². The first-order valence-corrected chi connectivity index (χ1v) is 2.80. The van der Waals surface area contributed by atoms with Gasteiger partial charge in [-0.3, -0.25) is 0 Å². The average Bonchev–Trinajstić information content (AvgIpc) is 1.30. The van der Waals surface area contributed by atoms with Crippen molar-refractivity contribution in [2.45, 2.75) is 0 Å². The molecule has 0 radical (unpaired) electrons. The number of phosphoric ester groups is 1. The van der Waals surface area contributed by atoms with Crippen LogP contribution in [0.5, 0.6) is 0 Å². The Bertz CT molecular complexity index is 89.0. The minimum atomic E-state index is -4.92. The minimum absolute atomic E-state index is 0. The van der Waals surface area contributed by atoms with Gasteiger partial charge < -0.3 is 24.0 Å². The fraction of sp³-hybridized carbons (Fsp3) is 1.00. The molecule has 0 fully saturated rings. The molecule has 0 saturated heterocycles. The molecule has 0 aromatic heterocycles. The average molecular weight is 204 g/mol. The fourth-order valence-electron chi connectivity index (χ4n) is 0.0707. The number of aliphatic hydroxyl groups excluding tert-OH is 1. The molecule has 0 amide bonds. The Morgan fingerprint density at radius 2 is 1.78 bits per heavy atom. The summed E-state index contributed by atoms with van der Waals surface area (Å²) in [7, 11) is -4.92. The molecule has 0 spiro atoms. The first kappa shape index (κ1) is 18.2. The zero-order valence-electron chi connectivity index (χ0n) is 5.23. The van der Waals surface area contributed by atoms with Gasteiger partial charge in [0.2, 0.25) is 0 Å². The van der Waals surface area contributed by atoms with Crippen LogP contribution in [0.2, 0.25) is 0 Å². The Morgan fingerprint density at radius 3 is 1.78 bits per heavy atom. The Labute approximate surface area is 138 Å². The van der Waals surface area contributed by atoms with E-state index < -0.39 is 14.6 Å². The number of rotatable bonds is 2. The van der Waals surface area contributed by atoms with E-state index >= 15 is 0 Å². The zero-order chi connectivity index (χ0) is 5.91. The van der Waals surface area contributed by atoms with Gasteiger partial charge in [0, 0.05) is 0 Å². The van der Waals surface area contributed by atoms with E-state index in [0.29, 0.717) is 0 Å². The summed E-state index contributed by atoms with van der Waals surface area (Å²) in [5.74, 6) is 0. The van der Waals surface area contributed by atoms with Crippen molar-refractivity contribution in [1.29, 1.82) is 0 Å². The summed E-state index contributed by atoms with van der Waals surface area (Å²) in [5.41, 5.74) is 0. The molecule has 1 N–H and O–H groups in total. The van der Waals surface area contributed by atoms with Crippen LogP contribution in [0.15, 0.2) is 0 Å². The second-order valence-electron chi connectivity index (χ2n) is 0.705. The third-order valence-corrected chi connectivity index (χ3v) is 0.648. The summed E-state index contributed by atoms with van der Waals surface area (Å²) in [5, 5.41) is 7.61. The van der Waals surface area contributed by atoms with Gasteiger partial charge in [0.1, 0.15) is 6.79 Å². The number of hydrogen-bond donors (Lipinski definition) is 1. The maximum Gasteiger partial charge on any atom is 1.00 e. The molecule has 5 nitrogen and oxygen atoms in total. The second-order valence-corrected chi connectivity index (χ2v) is 1.86. The van der Waals surface area contributed by atoms with Crippen molar-refractivity contribution in [3.63, 3.8) is 0 Å². The van der Waals surface area contributed by atoms with Crippen LogP contribution < -0.4 is 113 Å². The third-order valence-electron chi connectivity index (χ3n) is 0.216. The molecule has 0 bridgehead atoms. The van der Waals surface area contributed by atoms with E-state index in [4.69, 9.17) is 5.11 Å². The van der Waals surface area contributed by atoms with Crippen molar-refractivity contribution in [2.75, 3.05) is 6.79 Å². The summed E-state index contributed by atoms with van der Waals surface area (Å²) in [6.07, 6.45) is 0. The van der Waals surface area contributed by atoms with Crippen molar-refractivity contribution in [1.82, 2.24) is 0 Å². The van der Waals surface area contributed by atoms with E-state index in [1.807, 2.05) is 0 Å². The summed E-state index contributed by atoms with van der Waals surface area (Å²) in [6, 6.07) is 0. The van der Waals surface area contributed by atoms with Crippen LogP contribution in [0.25, 0.3) is 0 Å². The molecule has 8 heteroatoms. The normalized spacial score (nSPS) is 9.22.